The number of nitrogens with two attached hydrogens (primary N) is 2. The molecule has 0 bridgehead atoms. The molecule has 41 heavy (non-hydrogen) atoms. The van der Waals surface area contributed by atoms with E-state index in [9.17, 15) is 9.90 Å². The maximum atomic E-state index is 11.2. The lowest BCUT2D eigenvalue weighted by Crippen LogP contribution is -2.02. The number of carbonyl (C=O) groups is 2. The second-order valence-corrected chi connectivity index (χ2v) is 9.92. The number of anilines is 1. The Morgan fingerprint density at radius 3 is 2.41 bits per heavy atom. The number of rotatable bonds is 10. The second-order valence-electron chi connectivity index (χ2n) is 9.54. The molecule has 0 aliphatic carbocycles. The van der Waals surface area contributed by atoms with Crippen molar-refractivity contribution in [3.63, 3.8) is 0 Å². The monoisotopic (exact) mass is 578 g/mol. The van der Waals surface area contributed by atoms with Gasteiger partial charge in [-0.25, -0.2) is 4.79 Å². The van der Waals surface area contributed by atoms with Gasteiger partial charge in [0.25, 0.3) is 0 Å². The number of H-pyrrole nitrogens is 1. The van der Waals surface area contributed by atoms with Crippen molar-refractivity contribution in [1.29, 1.82) is 0 Å². The number of aromatic amines is 1. The third kappa shape index (κ3) is 7.79. The van der Waals surface area contributed by atoms with E-state index in [1.807, 2.05) is 64.1 Å². The molecule has 4 aromatic rings. The molecule has 6 N–H and O–H groups in total. The lowest BCUT2D eigenvalue weighted by atomic mass is 9.92. The molecule has 0 aliphatic rings. The number of amides is 1. The maximum absolute atomic E-state index is 11.2. The van der Waals surface area contributed by atoms with Crippen LogP contribution in [0.3, 0.4) is 0 Å². The van der Waals surface area contributed by atoms with Crippen molar-refractivity contribution in [3.05, 3.63) is 93.2 Å². The van der Waals surface area contributed by atoms with Gasteiger partial charge >= 0.3 is 5.97 Å². The number of halogens is 1. The fourth-order valence-corrected chi connectivity index (χ4v) is 4.74. The molecule has 2 aromatic heterocycles. The molecule has 1 amide bonds. The van der Waals surface area contributed by atoms with Crippen LogP contribution in [0.1, 0.15) is 57.2 Å². The summed E-state index contributed by atoms with van der Waals surface area (Å²) in [5, 5.41) is 17.3. The van der Waals surface area contributed by atoms with E-state index in [2.05, 4.69) is 15.9 Å². The predicted molar refractivity (Wildman–Crippen MR) is 161 cm³/mol. The van der Waals surface area contributed by atoms with Crippen molar-refractivity contribution >= 4 is 35.2 Å². The maximum Gasteiger partial charge on any atom is 0.371 e. The lowest BCUT2D eigenvalue weighted by Gasteiger charge is -2.16. The average Bonchev–Trinajstić information content (AvgIpc) is 3.54. The summed E-state index contributed by atoms with van der Waals surface area (Å²) < 4.78 is 11.5. The number of benzene rings is 2. The Kier molecular flexibility index (Phi) is 10.8. The molecule has 10 heteroatoms. The Bertz CT molecular complexity index is 1510. The molecule has 9 nitrogen and oxygen atoms in total. The van der Waals surface area contributed by atoms with E-state index in [0.717, 1.165) is 62.0 Å². The predicted octanol–water partition coefficient (Wildman–Crippen LogP) is 6.42. The third-order valence-corrected chi connectivity index (χ3v) is 7.14. The zero-order chi connectivity index (χ0) is 30.1. The van der Waals surface area contributed by atoms with E-state index in [1.165, 1.54) is 6.07 Å². The van der Waals surface area contributed by atoms with Gasteiger partial charge < -0.3 is 25.7 Å². The number of nitrogen functional groups attached to an aromatic ring is 1. The number of nitrogens with one attached hydrogen (secondary N) is 1. The van der Waals surface area contributed by atoms with Gasteiger partial charge in [-0.2, -0.15) is 5.10 Å². The minimum atomic E-state index is -1.09. The molecular formula is C31H35ClN4O5. The van der Waals surface area contributed by atoms with Crippen molar-refractivity contribution in [2.75, 3.05) is 12.3 Å². The highest BCUT2D eigenvalue weighted by Gasteiger charge is 2.16. The number of aryl methyl sites for hydroxylation is 4. The van der Waals surface area contributed by atoms with Gasteiger partial charge in [-0.1, -0.05) is 35.9 Å². The molecule has 2 aromatic carbocycles. The van der Waals surface area contributed by atoms with Gasteiger partial charge in [0.05, 0.1) is 12.3 Å². The minimum absolute atomic E-state index is 0.0793. The van der Waals surface area contributed by atoms with E-state index < -0.39 is 5.97 Å². The van der Waals surface area contributed by atoms with Gasteiger partial charge in [-0.15, -0.1) is 0 Å². The molecule has 216 valence electrons. The third-order valence-electron chi connectivity index (χ3n) is 6.54. The van der Waals surface area contributed by atoms with Crippen molar-refractivity contribution in [2.24, 2.45) is 5.73 Å². The smallest absolute Gasteiger partial charge is 0.371 e. The SMILES string of the molecule is Cc1cc(OCCC/C(=C\Cc2ccc(C(=O)O)o2)c2cccc(-c3c(C)n[nH]c3C)c2N)cc(C)c1Cl.NC=O. The fourth-order valence-electron chi connectivity index (χ4n) is 4.63. The summed E-state index contributed by atoms with van der Waals surface area (Å²) in [4.78, 5) is 19.8. The van der Waals surface area contributed by atoms with E-state index in [0.29, 0.717) is 30.9 Å². The van der Waals surface area contributed by atoms with Gasteiger partial charge in [0, 0.05) is 39.5 Å². The standard InChI is InChI=1S/C30H32ClN3O4.CH3NO/c1-17-15-23(16-18(2)28(17)31)37-14-6-7-21(10-11-22-12-13-26(38-22)30(35)36)24-8-5-9-25(29(24)32)27-19(3)33-34-20(27)4;2-1-3/h5,8-10,12-13,15-16H,6-7,11,14,32H2,1-4H3,(H,33,34)(H,35,36);1H,(H2,2,3)/b21-10+;. The second kappa shape index (κ2) is 14.2. The van der Waals surface area contributed by atoms with Crippen molar-refractivity contribution in [3.8, 4) is 16.9 Å². The first-order valence-corrected chi connectivity index (χ1v) is 13.4. The van der Waals surface area contributed by atoms with Gasteiger partial charge in [0.1, 0.15) is 11.5 Å². The number of carbonyl (C=O) groups excluding carboxylic acids is 1. The topological polar surface area (TPSA) is 157 Å². The van der Waals surface area contributed by atoms with Gasteiger partial charge in [0.15, 0.2) is 0 Å². The number of aromatic nitrogens is 2. The molecule has 0 spiro atoms. The Hall–Kier alpha value is -4.50. The Morgan fingerprint density at radius 2 is 1.83 bits per heavy atom. The minimum Gasteiger partial charge on any atom is -0.494 e. The highest BCUT2D eigenvalue weighted by atomic mass is 35.5. The first-order chi connectivity index (χ1) is 19.6. The highest BCUT2D eigenvalue weighted by Crippen LogP contribution is 2.36. The Labute approximate surface area is 244 Å². The Morgan fingerprint density at radius 1 is 1.15 bits per heavy atom. The molecule has 0 aliphatic heterocycles. The fraction of sp³-hybridized carbons (Fsp3) is 0.258. The molecule has 0 atom stereocenters. The van der Waals surface area contributed by atoms with Crippen LogP contribution in [0, 0.1) is 27.7 Å². The molecule has 0 fully saturated rings. The normalized spacial score (nSPS) is 11.1. The number of hydrogen-bond acceptors (Lipinski definition) is 6. The number of aromatic carboxylic acids is 1. The summed E-state index contributed by atoms with van der Waals surface area (Å²) in [5.41, 5.74) is 19.3. The number of carboxylic acid groups (broad SMARTS) is 1. The van der Waals surface area contributed by atoms with Crippen molar-refractivity contribution in [1.82, 2.24) is 10.2 Å². The first kappa shape index (κ1) is 31.0. The van der Waals surface area contributed by atoms with Crippen LogP contribution in [0.25, 0.3) is 16.7 Å². The van der Waals surface area contributed by atoms with E-state index in [4.69, 9.17) is 31.3 Å². The van der Waals surface area contributed by atoms with Crippen LogP contribution in [-0.4, -0.2) is 34.3 Å². The zero-order valence-corrected chi connectivity index (χ0v) is 24.3. The van der Waals surface area contributed by atoms with Crippen LogP contribution in [0.15, 0.2) is 53.0 Å². The Balaban J connectivity index is 0.00000147. The highest BCUT2D eigenvalue weighted by molar-refractivity contribution is 6.32. The summed E-state index contributed by atoms with van der Waals surface area (Å²) in [6.07, 6.45) is 4.19. The number of allylic oxidation sites excluding steroid dienone is 2. The van der Waals surface area contributed by atoms with Crippen LogP contribution >= 0.6 is 11.6 Å². The molecule has 0 radical (unpaired) electrons. The summed E-state index contributed by atoms with van der Waals surface area (Å²) in [6.45, 7) is 8.38. The van der Waals surface area contributed by atoms with Crippen LogP contribution in [0.2, 0.25) is 5.02 Å². The average molecular weight is 579 g/mol. The molecular weight excluding hydrogens is 544 g/mol. The number of nitrogens with zero attached hydrogens (tertiary/aromatic N) is 1. The van der Waals surface area contributed by atoms with E-state index >= 15 is 0 Å². The number of ether oxygens (including phenoxy) is 1. The van der Waals surface area contributed by atoms with Crippen LogP contribution in [-0.2, 0) is 11.2 Å². The summed E-state index contributed by atoms with van der Waals surface area (Å²) >= 11 is 6.29. The number of furan rings is 1. The molecule has 0 unspecified atom stereocenters. The lowest BCUT2D eigenvalue weighted by molar-refractivity contribution is -0.106. The van der Waals surface area contributed by atoms with Gasteiger partial charge in [-0.05, 0) is 81.5 Å². The van der Waals surface area contributed by atoms with Crippen LogP contribution < -0.4 is 16.2 Å². The molecule has 4 rings (SSSR count). The molecule has 0 saturated heterocycles. The molecule has 2 heterocycles. The van der Waals surface area contributed by atoms with Crippen molar-refractivity contribution in [2.45, 2.75) is 47.0 Å². The quantitative estimate of drug-likeness (QED) is 0.0959. The zero-order valence-electron chi connectivity index (χ0n) is 23.6. The largest absolute Gasteiger partial charge is 0.494 e. The first-order valence-electron chi connectivity index (χ1n) is 13.0. The van der Waals surface area contributed by atoms with Crippen LogP contribution in [0.4, 0.5) is 5.69 Å². The number of carboxylic acids is 1. The van der Waals surface area contributed by atoms with E-state index in [-0.39, 0.29) is 12.2 Å². The summed E-state index contributed by atoms with van der Waals surface area (Å²) in [7, 11) is 0. The van der Waals surface area contributed by atoms with Crippen LogP contribution in [0.5, 0.6) is 5.75 Å². The number of primary amides is 1. The number of para-hydroxylation sites is 1. The van der Waals surface area contributed by atoms with E-state index in [1.54, 1.807) is 6.07 Å². The van der Waals surface area contributed by atoms with Gasteiger partial charge in [-0.3, -0.25) is 9.89 Å². The van der Waals surface area contributed by atoms with Crippen molar-refractivity contribution < 1.29 is 23.8 Å². The number of hydrogen-bond donors (Lipinski definition) is 4. The molecule has 0 saturated carbocycles. The summed E-state index contributed by atoms with van der Waals surface area (Å²) in [6, 6.07) is 13.0. The summed E-state index contributed by atoms with van der Waals surface area (Å²) in [5.74, 6) is 0.191. The van der Waals surface area contributed by atoms with Gasteiger partial charge in [0.2, 0.25) is 12.2 Å².